The van der Waals surface area contributed by atoms with E-state index in [0.717, 1.165) is 30.6 Å². The van der Waals surface area contributed by atoms with Gasteiger partial charge in [-0.2, -0.15) is 0 Å². The van der Waals surface area contributed by atoms with Crippen molar-refractivity contribution in [2.24, 2.45) is 0 Å². The smallest absolute Gasteiger partial charge is 0.280 e. The number of rotatable bonds is 13. The predicted octanol–water partition coefficient (Wildman–Crippen LogP) is 5.89. The fourth-order valence-electron chi connectivity index (χ4n) is 3.80. The Bertz CT molecular complexity index is 1110. The molecule has 3 N–H and O–H groups in total. The van der Waals surface area contributed by atoms with Crippen LogP contribution >= 0.6 is 11.3 Å². The van der Waals surface area contributed by atoms with E-state index in [9.17, 15) is 23.5 Å². The van der Waals surface area contributed by atoms with Crippen LogP contribution in [-0.4, -0.2) is 62.6 Å². The van der Waals surface area contributed by atoms with Crippen molar-refractivity contribution in [2.45, 2.75) is 97.8 Å². The highest BCUT2D eigenvalue weighted by molar-refractivity contribution is 7.17. The molecule has 0 bridgehead atoms. The van der Waals surface area contributed by atoms with Crippen LogP contribution in [0.5, 0.6) is 0 Å². The largest absolute Gasteiger partial charge is 0.389 e. The van der Waals surface area contributed by atoms with Crippen LogP contribution in [0.3, 0.4) is 0 Å². The lowest BCUT2D eigenvalue weighted by molar-refractivity contribution is 0.0691. The third-order valence-corrected chi connectivity index (χ3v) is 7.52. The summed E-state index contributed by atoms with van der Waals surface area (Å²) in [5.74, 6) is -0.759. The maximum Gasteiger partial charge on any atom is 0.280 e. The average molecular weight is 554 g/mol. The van der Waals surface area contributed by atoms with Gasteiger partial charge in [0, 0.05) is 42.5 Å². The number of alkyl halides is 2. The Kier molecular flexibility index (Phi) is 10.7. The van der Waals surface area contributed by atoms with Gasteiger partial charge >= 0.3 is 0 Å². The number of thiazole rings is 1. The molecule has 8 nitrogen and oxygen atoms in total. The summed E-state index contributed by atoms with van der Waals surface area (Å²) in [5, 5.41) is 15.7. The van der Waals surface area contributed by atoms with Crippen LogP contribution in [0, 0.1) is 0 Å². The summed E-state index contributed by atoms with van der Waals surface area (Å²) in [6, 6.07) is 1.22. The van der Waals surface area contributed by atoms with Crippen LogP contribution in [-0.2, 0) is 0 Å². The van der Waals surface area contributed by atoms with Gasteiger partial charge < -0.3 is 20.6 Å². The van der Waals surface area contributed by atoms with Gasteiger partial charge in [-0.25, -0.2) is 18.7 Å². The summed E-state index contributed by atoms with van der Waals surface area (Å²) in [6.45, 7) is 12.9. The SMILES string of the molecule is CCCC(CC)N(C)C(=O)c1nc(C(=O)NCC(C)(C)O)sc1-c1cnc(NC(C)(C)CC)cc1C(F)F. The van der Waals surface area contributed by atoms with Crippen molar-refractivity contribution in [2.75, 3.05) is 18.9 Å². The van der Waals surface area contributed by atoms with Crippen LogP contribution in [0.1, 0.15) is 106 Å². The van der Waals surface area contributed by atoms with Gasteiger partial charge in [0.05, 0.1) is 10.5 Å². The van der Waals surface area contributed by atoms with Crippen molar-refractivity contribution in [1.82, 2.24) is 20.2 Å². The highest BCUT2D eigenvalue weighted by Crippen LogP contribution is 2.38. The van der Waals surface area contributed by atoms with E-state index in [-0.39, 0.29) is 44.8 Å². The molecule has 11 heteroatoms. The molecule has 2 amide bonds. The van der Waals surface area contributed by atoms with Gasteiger partial charge in [0.25, 0.3) is 18.2 Å². The van der Waals surface area contributed by atoms with Gasteiger partial charge in [0.2, 0.25) is 0 Å². The Balaban J connectivity index is 2.64. The average Bonchev–Trinajstić information content (AvgIpc) is 3.29. The number of hydrogen-bond donors (Lipinski definition) is 3. The first-order chi connectivity index (χ1) is 17.6. The summed E-state index contributed by atoms with van der Waals surface area (Å²) in [4.78, 5) is 36.9. The molecule has 38 heavy (non-hydrogen) atoms. The molecule has 0 spiro atoms. The number of aromatic nitrogens is 2. The Morgan fingerprint density at radius 2 is 1.84 bits per heavy atom. The van der Waals surface area contributed by atoms with Crippen LogP contribution < -0.4 is 10.6 Å². The number of aliphatic hydroxyl groups is 1. The van der Waals surface area contributed by atoms with E-state index in [2.05, 4.69) is 20.6 Å². The minimum Gasteiger partial charge on any atom is -0.389 e. The molecule has 2 rings (SSSR count). The Labute approximate surface area is 228 Å². The molecular formula is C27H41F2N5O3S. The van der Waals surface area contributed by atoms with E-state index >= 15 is 0 Å². The molecule has 0 aliphatic carbocycles. The van der Waals surface area contributed by atoms with Gasteiger partial charge in [0.1, 0.15) is 11.5 Å². The maximum absolute atomic E-state index is 14.3. The van der Waals surface area contributed by atoms with Crippen molar-refractivity contribution in [1.29, 1.82) is 0 Å². The number of nitrogens with zero attached hydrogens (tertiary/aromatic N) is 3. The molecule has 0 saturated carbocycles. The summed E-state index contributed by atoms with van der Waals surface area (Å²) in [7, 11) is 1.66. The van der Waals surface area contributed by atoms with Crippen molar-refractivity contribution in [3.8, 4) is 10.4 Å². The van der Waals surface area contributed by atoms with Gasteiger partial charge in [-0.15, -0.1) is 11.3 Å². The summed E-state index contributed by atoms with van der Waals surface area (Å²) >= 11 is 0.859. The number of carbonyl (C=O) groups is 2. The second kappa shape index (κ2) is 12.9. The molecule has 0 saturated heterocycles. The van der Waals surface area contributed by atoms with Crippen molar-refractivity contribution < 1.29 is 23.5 Å². The first-order valence-electron chi connectivity index (χ1n) is 13.0. The standard InChI is InChI=1S/C27H41F2N5O3S/c1-9-12-16(10-2)34(8)25(36)20-21(38-24(32-20)23(35)31-15-27(6,7)37)18-14-30-19(13-17(18)22(28)29)33-26(4,5)11-3/h13-14,16,22,37H,9-12,15H2,1-8H3,(H,30,33)(H,31,35). The van der Waals surface area contributed by atoms with E-state index in [0.29, 0.717) is 12.2 Å². The van der Waals surface area contributed by atoms with E-state index in [1.807, 2.05) is 34.6 Å². The molecule has 1 unspecified atom stereocenters. The maximum atomic E-state index is 14.3. The van der Waals surface area contributed by atoms with Gasteiger partial charge in [-0.1, -0.05) is 27.2 Å². The van der Waals surface area contributed by atoms with Gasteiger partial charge in [-0.05, 0) is 53.0 Å². The number of carbonyl (C=O) groups excluding carboxylic acids is 2. The van der Waals surface area contributed by atoms with E-state index in [4.69, 9.17) is 0 Å². The molecule has 2 aromatic heterocycles. The highest BCUT2D eigenvalue weighted by Gasteiger charge is 2.31. The fourth-order valence-corrected chi connectivity index (χ4v) is 4.80. The Morgan fingerprint density at radius 1 is 1.18 bits per heavy atom. The quantitative estimate of drug-likeness (QED) is 0.285. The zero-order valence-corrected chi connectivity index (χ0v) is 24.4. The second-order valence-corrected chi connectivity index (χ2v) is 11.8. The monoisotopic (exact) mass is 553 g/mol. The number of amides is 2. The van der Waals surface area contributed by atoms with Crippen LogP contribution in [0.15, 0.2) is 12.3 Å². The molecule has 0 fully saturated rings. The topological polar surface area (TPSA) is 107 Å². The van der Waals surface area contributed by atoms with Crippen LogP contribution in [0.25, 0.3) is 10.4 Å². The lowest BCUT2D eigenvalue weighted by Gasteiger charge is -2.27. The number of hydrogen-bond acceptors (Lipinski definition) is 7. The van der Waals surface area contributed by atoms with E-state index < -0.39 is 23.8 Å². The summed E-state index contributed by atoms with van der Waals surface area (Å²) in [5.41, 5.74) is -1.84. The van der Waals surface area contributed by atoms with Crippen molar-refractivity contribution in [3.05, 3.63) is 28.5 Å². The van der Waals surface area contributed by atoms with Gasteiger partial charge in [0.15, 0.2) is 5.01 Å². The van der Waals surface area contributed by atoms with Crippen LogP contribution in [0.4, 0.5) is 14.6 Å². The molecule has 0 aliphatic heterocycles. The molecule has 2 aromatic rings. The molecule has 0 aromatic carbocycles. The summed E-state index contributed by atoms with van der Waals surface area (Å²) < 4.78 is 28.7. The molecule has 212 valence electrons. The zero-order valence-electron chi connectivity index (χ0n) is 23.6. The lowest BCUT2D eigenvalue weighted by atomic mass is 10.0. The van der Waals surface area contributed by atoms with Crippen LogP contribution in [0.2, 0.25) is 0 Å². The third kappa shape index (κ3) is 8.17. The number of anilines is 1. The Hall–Kier alpha value is -2.66. The molecule has 0 radical (unpaired) electrons. The first kappa shape index (κ1) is 31.6. The molecule has 0 aliphatic rings. The predicted molar refractivity (Wildman–Crippen MR) is 148 cm³/mol. The third-order valence-electron chi connectivity index (χ3n) is 6.43. The van der Waals surface area contributed by atoms with E-state index in [1.165, 1.54) is 12.3 Å². The number of halogens is 2. The zero-order chi connectivity index (χ0) is 28.8. The minimum atomic E-state index is -2.85. The summed E-state index contributed by atoms with van der Waals surface area (Å²) in [6.07, 6.45) is 1.56. The Morgan fingerprint density at radius 3 is 2.37 bits per heavy atom. The molecule has 1 atom stereocenters. The fraction of sp³-hybridized carbons (Fsp3) is 0.630. The minimum absolute atomic E-state index is 0.0459. The first-order valence-corrected chi connectivity index (χ1v) is 13.8. The molecule has 2 heterocycles. The second-order valence-electron chi connectivity index (χ2n) is 10.8. The van der Waals surface area contributed by atoms with Gasteiger partial charge in [-0.3, -0.25) is 9.59 Å². The lowest BCUT2D eigenvalue weighted by Crippen LogP contribution is -2.38. The number of pyridine rings is 1. The van der Waals surface area contributed by atoms with Crippen molar-refractivity contribution in [3.63, 3.8) is 0 Å². The normalized spacial score (nSPS) is 12.9. The van der Waals surface area contributed by atoms with E-state index in [1.54, 1.807) is 25.8 Å². The highest BCUT2D eigenvalue weighted by atomic mass is 32.1. The van der Waals surface area contributed by atoms with Crippen molar-refractivity contribution >= 4 is 29.0 Å². The molecular weight excluding hydrogens is 512 g/mol. The number of nitrogens with one attached hydrogen (secondary N) is 2.